The maximum Gasteiger partial charge on any atom is 0.0416 e. The fourth-order valence-corrected chi connectivity index (χ4v) is 2.38. The van der Waals surface area contributed by atoms with Crippen LogP contribution in [0.2, 0.25) is 0 Å². The SMILES string of the molecule is CCCc1cccc(Nc2ccccc2CCC)c1. The van der Waals surface area contributed by atoms with Gasteiger partial charge in [0.2, 0.25) is 0 Å². The molecule has 0 aliphatic rings. The van der Waals surface area contributed by atoms with Crippen molar-refractivity contribution in [2.75, 3.05) is 5.32 Å². The maximum absolute atomic E-state index is 3.56. The van der Waals surface area contributed by atoms with Crippen molar-refractivity contribution in [2.45, 2.75) is 39.5 Å². The molecule has 1 nitrogen and oxygen atoms in total. The fraction of sp³-hybridized carbons (Fsp3) is 0.333. The Kier molecular flexibility index (Phi) is 5.02. The van der Waals surface area contributed by atoms with Crippen LogP contribution in [0.5, 0.6) is 0 Å². The molecule has 0 unspecified atom stereocenters. The summed E-state index contributed by atoms with van der Waals surface area (Å²) in [4.78, 5) is 0. The number of nitrogens with one attached hydrogen (secondary N) is 1. The minimum Gasteiger partial charge on any atom is -0.355 e. The molecule has 0 aromatic heterocycles. The zero-order chi connectivity index (χ0) is 13.5. The number of anilines is 2. The van der Waals surface area contributed by atoms with E-state index in [1.807, 2.05) is 0 Å². The van der Waals surface area contributed by atoms with Gasteiger partial charge in [0.05, 0.1) is 0 Å². The second kappa shape index (κ2) is 6.98. The largest absolute Gasteiger partial charge is 0.355 e. The molecule has 0 radical (unpaired) electrons. The summed E-state index contributed by atoms with van der Waals surface area (Å²) in [5.74, 6) is 0. The Bertz CT molecular complexity index is 517. The molecular formula is C18H23N. The highest BCUT2D eigenvalue weighted by molar-refractivity contribution is 5.63. The zero-order valence-corrected chi connectivity index (χ0v) is 11.9. The van der Waals surface area contributed by atoms with Crippen molar-refractivity contribution in [3.8, 4) is 0 Å². The Labute approximate surface area is 116 Å². The predicted octanol–water partition coefficient (Wildman–Crippen LogP) is 5.34. The summed E-state index contributed by atoms with van der Waals surface area (Å²) >= 11 is 0. The van der Waals surface area contributed by atoms with Gasteiger partial charge in [0.1, 0.15) is 0 Å². The van der Waals surface area contributed by atoms with Crippen LogP contribution in [0, 0.1) is 0 Å². The number of para-hydroxylation sites is 1. The first-order valence-corrected chi connectivity index (χ1v) is 7.27. The van der Waals surface area contributed by atoms with Crippen LogP contribution in [0.3, 0.4) is 0 Å². The van der Waals surface area contributed by atoms with E-state index in [1.54, 1.807) is 0 Å². The lowest BCUT2D eigenvalue weighted by Gasteiger charge is -2.12. The van der Waals surface area contributed by atoms with Crippen LogP contribution in [0.1, 0.15) is 37.8 Å². The number of benzene rings is 2. The van der Waals surface area contributed by atoms with Crippen LogP contribution in [0.4, 0.5) is 11.4 Å². The molecule has 2 aromatic rings. The van der Waals surface area contributed by atoms with Gasteiger partial charge in [0.25, 0.3) is 0 Å². The van der Waals surface area contributed by atoms with Gasteiger partial charge in [-0.25, -0.2) is 0 Å². The highest BCUT2D eigenvalue weighted by atomic mass is 14.9. The minimum atomic E-state index is 1.12. The van der Waals surface area contributed by atoms with E-state index >= 15 is 0 Å². The number of hydrogen-bond acceptors (Lipinski definition) is 1. The fourth-order valence-electron chi connectivity index (χ4n) is 2.38. The molecule has 2 rings (SSSR count). The normalized spacial score (nSPS) is 10.4. The molecule has 0 spiro atoms. The average Bonchev–Trinajstić information content (AvgIpc) is 2.42. The van der Waals surface area contributed by atoms with Gasteiger partial charge >= 0.3 is 0 Å². The monoisotopic (exact) mass is 253 g/mol. The van der Waals surface area contributed by atoms with Gasteiger partial charge in [0.15, 0.2) is 0 Å². The van der Waals surface area contributed by atoms with Gasteiger partial charge in [-0.15, -0.1) is 0 Å². The molecule has 0 atom stereocenters. The Morgan fingerprint density at radius 1 is 0.842 bits per heavy atom. The van der Waals surface area contributed by atoms with Gasteiger partial charge in [-0.05, 0) is 42.2 Å². The molecule has 1 N–H and O–H groups in total. The Balaban J connectivity index is 2.18. The summed E-state index contributed by atoms with van der Waals surface area (Å²) < 4.78 is 0. The lowest BCUT2D eigenvalue weighted by Crippen LogP contribution is -1.96. The minimum absolute atomic E-state index is 1.12. The third-order valence-electron chi connectivity index (χ3n) is 3.28. The van der Waals surface area contributed by atoms with E-state index in [4.69, 9.17) is 0 Å². The van der Waals surface area contributed by atoms with Crippen LogP contribution in [0.25, 0.3) is 0 Å². The molecule has 0 amide bonds. The van der Waals surface area contributed by atoms with Gasteiger partial charge in [-0.2, -0.15) is 0 Å². The quantitative estimate of drug-likeness (QED) is 0.733. The molecule has 0 fully saturated rings. The maximum atomic E-state index is 3.56. The van der Waals surface area contributed by atoms with E-state index in [0.29, 0.717) is 0 Å². The first kappa shape index (κ1) is 13.7. The number of hydrogen-bond donors (Lipinski definition) is 1. The number of rotatable bonds is 6. The summed E-state index contributed by atoms with van der Waals surface area (Å²) in [5, 5.41) is 3.56. The molecule has 0 heterocycles. The molecule has 1 heteroatoms. The smallest absolute Gasteiger partial charge is 0.0416 e. The van der Waals surface area contributed by atoms with E-state index < -0.39 is 0 Å². The second-order valence-electron chi connectivity index (χ2n) is 4.98. The van der Waals surface area contributed by atoms with E-state index in [0.717, 1.165) is 12.8 Å². The zero-order valence-electron chi connectivity index (χ0n) is 11.9. The van der Waals surface area contributed by atoms with Crippen LogP contribution in [-0.4, -0.2) is 0 Å². The Hall–Kier alpha value is -1.76. The molecular weight excluding hydrogens is 230 g/mol. The predicted molar refractivity (Wildman–Crippen MR) is 84.2 cm³/mol. The van der Waals surface area contributed by atoms with Crippen molar-refractivity contribution in [3.05, 3.63) is 59.7 Å². The topological polar surface area (TPSA) is 12.0 Å². The standard InChI is InChI=1S/C18H23N/c1-3-8-15-10-7-12-17(14-15)19-18-13-6-5-11-16(18)9-4-2/h5-7,10-14,19H,3-4,8-9H2,1-2H3. The average molecular weight is 253 g/mol. The summed E-state index contributed by atoms with van der Waals surface area (Å²) in [7, 11) is 0. The van der Waals surface area contributed by atoms with Crippen molar-refractivity contribution in [1.82, 2.24) is 0 Å². The van der Waals surface area contributed by atoms with Crippen LogP contribution < -0.4 is 5.32 Å². The van der Waals surface area contributed by atoms with E-state index in [2.05, 4.69) is 67.7 Å². The third kappa shape index (κ3) is 3.85. The molecule has 2 aromatic carbocycles. The summed E-state index contributed by atoms with van der Waals surface area (Å²) in [5.41, 5.74) is 5.22. The molecule has 0 bridgehead atoms. The first-order chi connectivity index (χ1) is 9.33. The van der Waals surface area contributed by atoms with Crippen LogP contribution in [0.15, 0.2) is 48.5 Å². The Morgan fingerprint density at radius 2 is 1.63 bits per heavy atom. The highest BCUT2D eigenvalue weighted by Gasteiger charge is 2.01. The van der Waals surface area contributed by atoms with E-state index in [1.165, 1.54) is 35.3 Å². The van der Waals surface area contributed by atoms with Crippen molar-refractivity contribution < 1.29 is 0 Å². The highest BCUT2D eigenvalue weighted by Crippen LogP contribution is 2.23. The van der Waals surface area contributed by atoms with Gasteiger partial charge in [0, 0.05) is 11.4 Å². The molecule has 0 saturated heterocycles. The third-order valence-corrected chi connectivity index (χ3v) is 3.28. The van der Waals surface area contributed by atoms with Crippen LogP contribution >= 0.6 is 0 Å². The van der Waals surface area contributed by atoms with E-state index in [-0.39, 0.29) is 0 Å². The van der Waals surface area contributed by atoms with E-state index in [9.17, 15) is 0 Å². The molecule has 0 saturated carbocycles. The lowest BCUT2D eigenvalue weighted by molar-refractivity contribution is 0.920. The van der Waals surface area contributed by atoms with Crippen LogP contribution in [-0.2, 0) is 12.8 Å². The van der Waals surface area contributed by atoms with Gasteiger partial charge in [-0.1, -0.05) is 57.0 Å². The van der Waals surface area contributed by atoms with Crippen molar-refractivity contribution in [3.63, 3.8) is 0 Å². The Morgan fingerprint density at radius 3 is 2.42 bits per heavy atom. The molecule has 0 aliphatic carbocycles. The summed E-state index contributed by atoms with van der Waals surface area (Å²) in [6.45, 7) is 4.44. The second-order valence-corrected chi connectivity index (χ2v) is 4.98. The first-order valence-electron chi connectivity index (χ1n) is 7.27. The van der Waals surface area contributed by atoms with Crippen molar-refractivity contribution >= 4 is 11.4 Å². The van der Waals surface area contributed by atoms with Gasteiger partial charge < -0.3 is 5.32 Å². The van der Waals surface area contributed by atoms with Crippen molar-refractivity contribution in [2.24, 2.45) is 0 Å². The molecule has 100 valence electrons. The summed E-state index contributed by atoms with van der Waals surface area (Å²) in [6.07, 6.45) is 4.63. The summed E-state index contributed by atoms with van der Waals surface area (Å²) in [6, 6.07) is 17.3. The molecule has 0 aliphatic heterocycles. The van der Waals surface area contributed by atoms with Gasteiger partial charge in [-0.3, -0.25) is 0 Å². The van der Waals surface area contributed by atoms with Crippen molar-refractivity contribution in [1.29, 1.82) is 0 Å². The lowest BCUT2D eigenvalue weighted by atomic mass is 10.1. The molecule has 19 heavy (non-hydrogen) atoms. The number of aryl methyl sites for hydroxylation is 2.